The Morgan fingerprint density at radius 3 is 2.57 bits per heavy atom. The highest BCUT2D eigenvalue weighted by Gasteiger charge is 2.48. The Balaban J connectivity index is 1.78. The number of ether oxygens (including phenoxy) is 2. The van der Waals surface area contributed by atoms with Crippen molar-refractivity contribution in [1.29, 1.82) is 0 Å². The van der Waals surface area contributed by atoms with Crippen molar-refractivity contribution in [3.05, 3.63) is 76.1 Å². The fraction of sp³-hybridized carbons (Fsp3) is 0.296. The minimum absolute atomic E-state index is 0.0943. The fourth-order valence-electron chi connectivity index (χ4n) is 3.95. The molecule has 9 nitrogen and oxygen atoms in total. The van der Waals surface area contributed by atoms with Gasteiger partial charge < -0.3 is 14.6 Å². The van der Waals surface area contributed by atoms with E-state index in [0.717, 1.165) is 24.2 Å². The fourth-order valence-corrected chi connectivity index (χ4v) is 4.94. The molecule has 0 radical (unpaired) electrons. The zero-order chi connectivity index (χ0) is 26.5. The molecule has 192 valence electrons. The summed E-state index contributed by atoms with van der Waals surface area (Å²) in [6, 6.07) is 9.07. The van der Waals surface area contributed by atoms with Crippen LogP contribution >= 0.6 is 11.3 Å². The Morgan fingerprint density at radius 2 is 1.92 bits per heavy atom. The molecule has 1 N–H and O–H groups in total. The largest absolute Gasteiger partial charge is 0.507 e. The number of aromatic nitrogens is 2. The van der Waals surface area contributed by atoms with Crippen LogP contribution in [0.3, 0.4) is 0 Å². The lowest BCUT2D eigenvalue weighted by Crippen LogP contribution is -2.29. The number of benzene rings is 1. The molecule has 1 fully saturated rings. The van der Waals surface area contributed by atoms with Crippen molar-refractivity contribution >= 4 is 39.9 Å². The van der Waals surface area contributed by atoms with Crippen LogP contribution in [0.25, 0.3) is 5.76 Å². The lowest BCUT2D eigenvalue weighted by atomic mass is 9.96. The molecular weight excluding hydrogens is 494 g/mol. The van der Waals surface area contributed by atoms with Crippen LogP contribution in [0, 0.1) is 6.92 Å². The van der Waals surface area contributed by atoms with Crippen molar-refractivity contribution in [1.82, 2.24) is 9.97 Å². The Hall–Kier alpha value is -4.05. The van der Waals surface area contributed by atoms with Crippen molar-refractivity contribution in [2.45, 2.75) is 39.7 Å². The number of esters is 1. The Morgan fingerprint density at radius 1 is 1.16 bits per heavy atom. The second-order valence-corrected chi connectivity index (χ2v) is 9.29. The number of hydrogen-bond donors (Lipinski definition) is 1. The third kappa shape index (κ3) is 5.24. The molecule has 1 amide bonds. The van der Waals surface area contributed by atoms with Crippen molar-refractivity contribution < 1.29 is 29.0 Å². The number of thiazole rings is 1. The minimum Gasteiger partial charge on any atom is -0.507 e. The van der Waals surface area contributed by atoms with Crippen LogP contribution in [-0.2, 0) is 14.3 Å². The summed E-state index contributed by atoms with van der Waals surface area (Å²) < 4.78 is 10.8. The molecule has 0 bridgehead atoms. The monoisotopic (exact) mass is 521 g/mol. The molecule has 0 spiro atoms. The number of ketones is 1. The molecule has 1 unspecified atom stereocenters. The van der Waals surface area contributed by atoms with Crippen molar-refractivity contribution in [2.24, 2.45) is 0 Å². The first-order valence-electron chi connectivity index (χ1n) is 12.0. The SMILES string of the molecule is CCCCOc1ccc(C(O)=C2C(=O)C(=O)N(c3nc(C)c(C(=O)OCC)s3)C2c2cccnc2)cc1. The van der Waals surface area contributed by atoms with E-state index in [1.807, 2.05) is 0 Å². The number of carbonyl (C=O) groups is 3. The summed E-state index contributed by atoms with van der Waals surface area (Å²) in [5, 5.41) is 11.4. The number of anilines is 1. The Kier molecular flexibility index (Phi) is 7.98. The quantitative estimate of drug-likeness (QED) is 0.140. The van der Waals surface area contributed by atoms with Crippen LogP contribution in [0.4, 0.5) is 5.13 Å². The molecule has 1 aliphatic heterocycles. The average Bonchev–Trinajstić information content (AvgIpc) is 3.41. The molecule has 1 aliphatic rings. The third-order valence-corrected chi connectivity index (χ3v) is 6.93. The van der Waals surface area contributed by atoms with Gasteiger partial charge in [0.1, 0.15) is 16.4 Å². The Bertz CT molecular complexity index is 1330. The molecule has 2 aromatic heterocycles. The number of nitrogens with zero attached hydrogens (tertiary/aromatic N) is 3. The first-order valence-corrected chi connectivity index (χ1v) is 12.8. The van der Waals surface area contributed by atoms with Crippen LogP contribution in [-0.4, -0.2) is 45.9 Å². The lowest BCUT2D eigenvalue weighted by molar-refractivity contribution is -0.132. The summed E-state index contributed by atoms with van der Waals surface area (Å²) in [4.78, 5) is 48.9. The first-order chi connectivity index (χ1) is 17.9. The van der Waals surface area contributed by atoms with Gasteiger partial charge >= 0.3 is 11.9 Å². The van der Waals surface area contributed by atoms with Gasteiger partial charge in [-0.3, -0.25) is 19.5 Å². The topological polar surface area (TPSA) is 119 Å². The summed E-state index contributed by atoms with van der Waals surface area (Å²) in [6.07, 6.45) is 5.02. The maximum absolute atomic E-state index is 13.3. The van der Waals surface area contributed by atoms with E-state index < -0.39 is 23.7 Å². The van der Waals surface area contributed by atoms with Gasteiger partial charge in [0, 0.05) is 18.0 Å². The van der Waals surface area contributed by atoms with Crippen LogP contribution in [0.15, 0.2) is 54.4 Å². The highest BCUT2D eigenvalue weighted by atomic mass is 32.1. The molecule has 1 saturated heterocycles. The average molecular weight is 522 g/mol. The number of hydrogen-bond acceptors (Lipinski definition) is 9. The van der Waals surface area contributed by atoms with Gasteiger partial charge in [0.05, 0.1) is 30.5 Å². The van der Waals surface area contributed by atoms with Gasteiger partial charge in [0.25, 0.3) is 5.78 Å². The van der Waals surface area contributed by atoms with Gasteiger partial charge in [0.15, 0.2) is 5.13 Å². The molecule has 1 aromatic carbocycles. The number of carbonyl (C=O) groups excluding carboxylic acids is 3. The summed E-state index contributed by atoms with van der Waals surface area (Å²) in [7, 11) is 0. The minimum atomic E-state index is -0.991. The first kappa shape index (κ1) is 26.0. The van der Waals surface area contributed by atoms with E-state index >= 15 is 0 Å². The van der Waals surface area contributed by atoms with Gasteiger partial charge in [-0.15, -0.1) is 0 Å². The summed E-state index contributed by atoms with van der Waals surface area (Å²) in [5.74, 6) is -1.97. The second-order valence-electron chi connectivity index (χ2n) is 8.31. The normalized spacial score (nSPS) is 16.7. The number of aliphatic hydroxyl groups is 1. The third-order valence-electron chi connectivity index (χ3n) is 5.79. The van der Waals surface area contributed by atoms with Gasteiger partial charge in [-0.05, 0) is 56.2 Å². The molecule has 0 aliphatic carbocycles. The zero-order valence-corrected chi connectivity index (χ0v) is 21.6. The molecule has 1 atom stereocenters. The van der Waals surface area contributed by atoms with Crippen molar-refractivity contribution in [3.63, 3.8) is 0 Å². The predicted molar refractivity (Wildman–Crippen MR) is 139 cm³/mol. The number of Topliss-reactive ketones (excluding diaryl/α,β-unsaturated/α-hetero) is 1. The van der Waals surface area contributed by atoms with Gasteiger partial charge in [-0.1, -0.05) is 30.7 Å². The highest BCUT2D eigenvalue weighted by molar-refractivity contribution is 7.17. The summed E-state index contributed by atoms with van der Waals surface area (Å²) in [6.45, 7) is 6.17. The van der Waals surface area contributed by atoms with Crippen molar-refractivity contribution in [3.8, 4) is 5.75 Å². The van der Waals surface area contributed by atoms with E-state index in [1.165, 1.54) is 11.1 Å². The van der Waals surface area contributed by atoms with Crippen LogP contribution in [0.5, 0.6) is 5.75 Å². The van der Waals surface area contributed by atoms with Crippen LogP contribution in [0.1, 0.15) is 59.2 Å². The molecule has 0 saturated carbocycles. The van der Waals surface area contributed by atoms with Crippen LogP contribution in [0.2, 0.25) is 0 Å². The predicted octanol–water partition coefficient (Wildman–Crippen LogP) is 4.83. The molecule has 3 heterocycles. The maximum Gasteiger partial charge on any atom is 0.350 e. The van der Waals surface area contributed by atoms with E-state index in [9.17, 15) is 19.5 Å². The van der Waals surface area contributed by atoms with E-state index in [-0.39, 0.29) is 27.9 Å². The summed E-state index contributed by atoms with van der Waals surface area (Å²) in [5.41, 5.74) is 1.15. The number of aryl methyl sites for hydroxylation is 1. The van der Waals surface area contributed by atoms with E-state index in [0.29, 0.717) is 29.2 Å². The van der Waals surface area contributed by atoms with Gasteiger partial charge in [-0.25, -0.2) is 9.78 Å². The maximum atomic E-state index is 13.3. The second kappa shape index (κ2) is 11.3. The molecular formula is C27H27N3O6S. The number of rotatable bonds is 9. The number of amides is 1. The van der Waals surface area contributed by atoms with Gasteiger partial charge in [-0.2, -0.15) is 0 Å². The van der Waals surface area contributed by atoms with Gasteiger partial charge in [0.2, 0.25) is 0 Å². The standard InChI is InChI=1S/C27H27N3O6S/c1-4-6-14-36-19-11-9-17(10-12-19)22(31)20-21(18-8-7-13-28-15-18)30(25(33)23(20)32)27-29-16(3)24(37-27)26(34)35-5-2/h7-13,15,21,31H,4-6,14H2,1-3H3. The number of unbranched alkanes of at least 4 members (excludes halogenated alkanes) is 1. The molecule has 4 rings (SSSR count). The molecule has 3 aromatic rings. The molecule has 37 heavy (non-hydrogen) atoms. The van der Waals surface area contributed by atoms with E-state index in [1.54, 1.807) is 56.4 Å². The zero-order valence-electron chi connectivity index (χ0n) is 20.8. The Labute approximate surface area is 218 Å². The lowest BCUT2D eigenvalue weighted by Gasteiger charge is -2.22. The summed E-state index contributed by atoms with van der Waals surface area (Å²) >= 11 is 0.956. The van der Waals surface area contributed by atoms with Crippen molar-refractivity contribution in [2.75, 3.05) is 18.1 Å². The number of aliphatic hydroxyl groups excluding tert-OH is 1. The van der Waals surface area contributed by atoms with E-state index in [4.69, 9.17) is 9.47 Å². The van der Waals surface area contributed by atoms with E-state index in [2.05, 4.69) is 16.9 Å². The smallest absolute Gasteiger partial charge is 0.350 e. The molecule has 10 heteroatoms. The number of pyridine rings is 1. The van der Waals surface area contributed by atoms with Crippen LogP contribution < -0.4 is 9.64 Å². The highest BCUT2D eigenvalue weighted by Crippen LogP contribution is 2.43.